The third-order valence-electron chi connectivity index (χ3n) is 4.17. The Morgan fingerprint density at radius 1 is 1.25 bits per heavy atom. The molecule has 2 aromatic rings. The van der Waals surface area contributed by atoms with Crippen LogP contribution in [0.1, 0.15) is 28.1 Å². The molecule has 0 bridgehead atoms. The summed E-state index contributed by atoms with van der Waals surface area (Å²) >= 11 is 7.28. The third kappa shape index (κ3) is 3.97. The number of halogens is 1. The fourth-order valence-corrected chi connectivity index (χ4v) is 3.73. The number of thiophene rings is 1. The van der Waals surface area contributed by atoms with Gasteiger partial charge in [0.1, 0.15) is 6.04 Å². The number of carbonyl (C=O) groups is 2. The van der Waals surface area contributed by atoms with Crippen LogP contribution in [0, 0.1) is 0 Å². The molecule has 2 amide bonds. The average Bonchev–Trinajstić information content (AvgIpc) is 3.27. The summed E-state index contributed by atoms with van der Waals surface area (Å²) in [5.41, 5.74) is 1.12. The molecule has 1 atom stereocenters. The standard InChI is InChI=1S/C18H19ClN2O2S/c19-14-7-5-13(6-8-14)9-10-20-17(22)15-3-1-11-21(15)18(23)16-4-2-12-24-16/h2,4-8,12,15H,1,3,9-11H2,(H,20,22). The minimum absolute atomic E-state index is 0.0413. The molecule has 0 aliphatic carbocycles. The molecular formula is C18H19ClN2O2S. The molecule has 0 radical (unpaired) electrons. The zero-order chi connectivity index (χ0) is 16.9. The Labute approximate surface area is 150 Å². The van der Waals surface area contributed by atoms with E-state index in [9.17, 15) is 9.59 Å². The number of amides is 2. The first-order valence-electron chi connectivity index (χ1n) is 8.02. The van der Waals surface area contributed by atoms with E-state index in [0.29, 0.717) is 23.0 Å². The quantitative estimate of drug-likeness (QED) is 0.886. The van der Waals surface area contributed by atoms with Crippen molar-refractivity contribution in [3.05, 3.63) is 57.2 Å². The maximum absolute atomic E-state index is 12.5. The van der Waals surface area contributed by atoms with Gasteiger partial charge in [0.25, 0.3) is 5.91 Å². The highest BCUT2D eigenvalue weighted by molar-refractivity contribution is 7.12. The highest BCUT2D eigenvalue weighted by Crippen LogP contribution is 2.22. The van der Waals surface area contributed by atoms with Crippen LogP contribution in [0.2, 0.25) is 5.02 Å². The number of likely N-dealkylation sites (tertiary alicyclic amines) is 1. The predicted molar refractivity (Wildman–Crippen MR) is 96.5 cm³/mol. The molecule has 1 unspecified atom stereocenters. The highest BCUT2D eigenvalue weighted by atomic mass is 35.5. The minimum Gasteiger partial charge on any atom is -0.354 e. The number of nitrogens with zero attached hydrogens (tertiary/aromatic N) is 1. The van der Waals surface area contributed by atoms with E-state index in [-0.39, 0.29) is 17.9 Å². The molecule has 24 heavy (non-hydrogen) atoms. The highest BCUT2D eigenvalue weighted by Gasteiger charge is 2.34. The summed E-state index contributed by atoms with van der Waals surface area (Å²) in [6.07, 6.45) is 2.34. The lowest BCUT2D eigenvalue weighted by atomic mass is 10.1. The van der Waals surface area contributed by atoms with Crippen molar-refractivity contribution in [2.45, 2.75) is 25.3 Å². The molecule has 3 rings (SSSR count). The zero-order valence-electron chi connectivity index (χ0n) is 13.2. The fraction of sp³-hybridized carbons (Fsp3) is 0.333. The second-order valence-corrected chi connectivity index (χ2v) is 7.19. The summed E-state index contributed by atoms with van der Waals surface area (Å²) < 4.78 is 0. The third-order valence-corrected chi connectivity index (χ3v) is 5.28. The van der Waals surface area contributed by atoms with Crippen LogP contribution < -0.4 is 5.32 Å². The maximum Gasteiger partial charge on any atom is 0.264 e. The second kappa shape index (κ2) is 7.81. The first-order valence-corrected chi connectivity index (χ1v) is 9.27. The topological polar surface area (TPSA) is 49.4 Å². The SMILES string of the molecule is O=C(NCCc1ccc(Cl)cc1)C1CCCN1C(=O)c1cccs1. The monoisotopic (exact) mass is 362 g/mol. The maximum atomic E-state index is 12.5. The summed E-state index contributed by atoms with van der Waals surface area (Å²) in [4.78, 5) is 27.3. The van der Waals surface area contributed by atoms with Crippen molar-refractivity contribution >= 4 is 34.8 Å². The van der Waals surface area contributed by atoms with E-state index in [1.54, 1.807) is 11.0 Å². The van der Waals surface area contributed by atoms with Gasteiger partial charge in [-0.1, -0.05) is 29.8 Å². The van der Waals surface area contributed by atoms with Gasteiger partial charge in [0.05, 0.1) is 4.88 Å². The predicted octanol–water partition coefficient (Wildman–Crippen LogP) is 3.37. The Bertz CT molecular complexity index is 700. The molecule has 1 aliphatic heterocycles. The lowest BCUT2D eigenvalue weighted by Gasteiger charge is -2.23. The summed E-state index contributed by atoms with van der Waals surface area (Å²) in [5.74, 6) is -0.105. The van der Waals surface area contributed by atoms with E-state index in [4.69, 9.17) is 11.6 Å². The second-order valence-electron chi connectivity index (χ2n) is 5.80. The fourth-order valence-electron chi connectivity index (χ4n) is 2.92. The summed E-state index contributed by atoms with van der Waals surface area (Å²) in [5, 5.41) is 5.54. The average molecular weight is 363 g/mol. The minimum atomic E-state index is -0.357. The van der Waals surface area contributed by atoms with E-state index in [1.165, 1.54) is 11.3 Å². The molecule has 6 heteroatoms. The van der Waals surface area contributed by atoms with E-state index >= 15 is 0 Å². The van der Waals surface area contributed by atoms with Crippen LogP contribution in [0.3, 0.4) is 0 Å². The molecule has 1 aromatic heterocycles. The molecule has 2 heterocycles. The van der Waals surface area contributed by atoms with Gasteiger partial charge in [0.15, 0.2) is 0 Å². The molecule has 1 aromatic carbocycles. The van der Waals surface area contributed by atoms with Gasteiger partial charge in [0, 0.05) is 18.1 Å². The number of benzene rings is 1. The Hall–Kier alpha value is -1.85. The number of rotatable bonds is 5. The number of hydrogen-bond donors (Lipinski definition) is 1. The number of hydrogen-bond acceptors (Lipinski definition) is 3. The Balaban J connectivity index is 1.54. The van der Waals surface area contributed by atoms with Crippen LogP contribution in [-0.2, 0) is 11.2 Å². The van der Waals surface area contributed by atoms with Gasteiger partial charge in [-0.05, 0) is 48.4 Å². The first-order chi connectivity index (χ1) is 11.6. The van der Waals surface area contributed by atoms with Gasteiger partial charge in [-0.25, -0.2) is 0 Å². The number of carbonyl (C=O) groups excluding carboxylic acids is 2. The van der Waals surface area contributed by atoms with Gasteiger partial charge in [-0.15, -0.1) is 11.3 Å². The van der Waals surface area contributed by atoms with Crippen molar-refractivity contribution in [1.82, 2.24) is 10.2 Å². The van der Waals surface area contributed by atoms with E-state index in [2.05, 4.69) is 5.32 Å². The Kier molecular flexibility index (Phi) is 5.53. The Morgan fingerprint density at radius 3 is 2.75 bits per heavy atom. The normalized spacial score (nSPS) is 17.0. The van der Waals surface area contributed by atoms with Gasteiger partial charge in [-0.3, -0.25) is 9.59 Å². The lowest BCUT2D eigenvalue weighted by molar-refractivity contribution is -0.124. The molecule has 1 aliphatic rings. The number of nitrogens with one attached hydrogen (secondary N) is 1. The summed E-state index contributed by atoms with van der Waals surface area (Å²) in [6.45, 7) is 1.20. The van der Waals surface area contributed by atoms with E-state index in [0.717, 1.165) is 24.8 Å². The van der Waals surface area contributed by atoms with Crippen LogP contribution >= 0.6 is 22.9 Å². The van der Waals surface area contributed by atoms with Crippen molar-refractivity contribution in [3.63, 3.8) is 0 Å². The van der Waals surface area contributed by atoms with Crippen molar-refractivity contribution < 1.29 is 9.59 Å². The molecule has 1 saturated heterocycles. The van der Waals surface area contributed by atoms with Crippen molar-refractivity contribution in [2.75, 3.05) is 13.1 Å². The van der Waals surface area contributed by atoms with Gasteiger partial charge >= 0.3 is 0 Å². The van der Waals surface area contributed by atoms with Crippen LogP contribution in [0.5, 0.6) is 0 Å². The Morgan fingerprint density at radius 2 is 2.04 bits per heavy atom. The molecular weight excluding hydrogens is 344 g/mol. The first kappa shape index (κ1) is 17.0. The van der Waals surface area contributed by atoms with Crippen LogP contribution in [0.4, 0.5) is 0 Å². The summed E-state index contributed by atoms with van der Waals surface area (Å²) in [7, 11) is 0. The van der Waals surface area contributed by atoms with Crippen LogP contribution in [0.15, 0.2) is 41.8 Å². The van der Waals surface area contributed by atoms with Crippen LogP contribution in [-0.4, -0.2) is 35.8 Å². The van der Waals surface area contributed by atoms with Crippen LogP contribution in [0.25, 0.3) is 0 Å². The largest absolute Gasteiger partial charge is 0.354 e. The zero-order valence-corrected chi connectivity index (χ0v) is 14.8. The molecule has 1 fully saturated rings. The molecule has 0 spiro atoms. The molecule has 126 valence electrons. The van der Waals surface area contributed by atoms with Gasteiger partial charge in [-0.2, -0.15) is 0 Å². The van der Waals surface area contributed by atoms with E-state index < -0.39 is 0 Å². The van der Waals surface area contributed by atoms with Crippen molar-refractivity contribution in [1.29, 1.82) is 0 Å². The van der Waals surface area contributed by atoms with Crippen molar-refractivity contribution in [2.24, 2.45) is 0 Å². The lowest BCUT2D eigenvalue weighted by Crippen LogP contribution is -2.46. The summed E-state index contributed by atoms with van der Waals surface area (Å²) in [6, 6.07) is 10.9. The molecule has 4 nitrogen and oxygen atoms in total. The van der Waals surface area contributed by atoms with E-state index in [1.807, 2.05) is 35.7 Å². The molecule has 1 N–H and O–H groups in total. The smallest absolute Gasteiger partial charge is 0.264 e. The van der Waals surface area contributed by atoms with Crippen molar-refractivity contribution in [3.8, 4) is 0 Å². The van der Waals surface area contributed by atoms with Gasteiger partial charge in [0.2, 0.25) is 5.91 Å². The molecule has 0 saturated carbocycles. The van der Waals surface area contributed by atoms with Gasteiger partial charge < -0.3 is 10.2 Å².